The summed E-state index contributed by atoms with van der Waals surface area (Å²) in [5.74, 6) is -0.734. The van der Waals surface area contributed by atoms with Gasteiger partial charge in [0.25, 0.3) is 0 Å². The van der Waals surface area contributed by atoms with Gasteiger partial charge in [-0.15, -0.1) is 0 Å². The van der Waals surface area contributed by atoms with Crippen LogP contribution in [0.1, 0.15) is 31.8 Å². The quantitative estimate of drug-likeness (QED) is 0.365. The fraction of sp³-hybridized carbons (Fsp3) is 0.0417. The van der Waals surface area contributed by atoms with Crippen LogP contribution in [-0.4, -0.2) is 21.5 Å². The summed E-state index contributed by atoms with van der Waals surface area (Å²) in [5, 5.41) is 4.18. The summed E-state index contributed by atoms with van der Waals surface area (Å²) in [5.41, 5.74) is 2.89. The Hall–Kier alpha value is -3.99. The third-order valence-electron chi connectivity index (χ3n) is 4.50. The Bertz CT molecular complexity index is 1120. The summed E-state index contributed by atoms with van der Waals surface area (Å²) in [6.07, 6.45) is 3.57. The van der Waals surface area contributed by atoms with Gasteiger partial charge in [-0.2, -0.15) is 5.10 Å². The molecule has 0 spiro atoms. The highest BCUT2D eigenvalue weighted by Gasteiger charge is 2.19. The maximum absolute atomic E-state index is 12.8. The SMILES string of the molecule is O=C(OCc1ccc(-n2cccn2)cc1)c1ccccc1C(=O)c1ccccc1. The van der Waals surface area contributed by atoms with E-state index < -0.39 is 5.97 Å². The molecule has 0 aliphatic carbocycles. The normalized spacial score (nSPS) is 10.5. The van der Waals surface area contributed by atoms with Gasteiger partial charge in [-0.05, 0) is 29.8 Å². The number of hydrogen-bond acceptors (Lipinski definition) is 4. The molecule has 1 aromatic heterocycles. The van der Waals surface area contributed by atoms with Gasteiger partial charge in [0, 0.05) is 23.5 Å². The molecule has 0 aliphatic rings. The molecule has 0 saturated heterocycles. The van der Waals surface area contributed by atoms with Gasteiger partial charge in [0.05, 0.1) is 11.3 Å². The van der Waals surface area contributed by atoms with Gasteiger partial charge >= 0.3 is 5.97 Å². The Morgan fingerprint density at radius 2 is 1.48 bits per heavy atom. The van der Waals surface area contributed by atoms with E-state index in [1.807, 2.05) is 42.6 Å². The Kier molecular flexibility index (Phi) is 5.29. The first-order chi connectivity index (χ1) is 14.2. The van der Waals surface area contributed by atoms with Crippen molar-refractivity contribution in [3.8, 4) is 5.69 Å². The van der Waals surface area contributed by atoms with Crippen molar-refractivity contribution in [2.75, 3.05) is 0 Å². The van der Waals surface area contributed by atoms with E-state index in [1.165, 1.54) is 0 Å². The lowest BCUT2D eigenvalue weighted by Gasteiger charge is -2.10. The predicted molar refractivity (Wildman–Crippen MR) is 109 cm³/mol. The lowest BCUT2D eigenvalue weighted by Crippen LogP contribution is -2.12. The van der Waals surface area contributed by atoms with Crippen molar-refractivity contribution in [3.63, 3.8) is 0 Å². The van der Waals surface area contributed by atoms with Gasteiger partial charge in [0.1, 0.15) is 6.61 Å². The fourth-order valence-electron chi connectivity index (χ4n) is 3.00. The molecular formula is C24H18N2O3. The molecule has 1 heterocycles. The van der Waals surface area contributed by atoms with Gasteiger partial charge in [-0.1, -0.05) is 60.7 Å². The van der Waals surface area contributed by atoms with Gasteiger partial charge in [0.15, 0.2) is 5.78 Å². The minimum absolute atomic E-state index is 0.117. The van der Waals surface area contributed by atoms with Crippen LogP contribution in [0.2, 0.25) is 0 Å². The highest BCUT2D eigenvalue weighted by atomic mass is 16.5. The molecule has 0 unspecified atom stereocenters. The molecular weight excluding hydrogens is 364 g/mol. The summed E-state index contributed by atoms with van der Waals surface area (Å²) >= 11 is 0. The first kappa shape index (κ1) is 18.4. The van der Waals surface area contributed by atoms with Gasteiger partial charge in [-0.25, -0.2) is 9.48 Å². The van der Waals surface area contributed by atoms with Crippen LogP contribution in [0, 0.1) is 0 Å². The monoisotopic (exact) mass is 382 g/mol. The molecule has 5 heteroatoms. The Morgan fingerprint density at radius 3 is 2.17 bits per heavy atom. The van der Waals surface area contributed by atoms with Crippen molar-refractivity contribution in [1.29, 1.82) is 0 Å². The van der Waals surface area contributed by atoms with E-state index in [1.54, 1.807) is 59.4 Å². The smallest absolute Gasteiger partial charge is 0.339 e. The number of rotatable bonds is 6. The average Bonchev–Trinajstić information content (AvgIpc) is 3.33. The van der Waals surface area contributed by atoms with Crippen LogP contribution in [0.4, 0.5) is 0 Å². The van der Waals surface area contributed by atoms with Crippen molar-refractivity contribution >= 4 is 11.8 Å². The van der Waals surface area contributed by atoms with E-state index >= 15 is 0 Å². The zero-order valence-corrected chi connectivity index (χ0v) is 15.6. The maximum atomic E-state index is 12.8. The first-order valence-electron chi connectivity index (χ1n) is 9.17. The zero-order chi connectivity index (χ0) is 20.1. The van der Waals surface area contributed by atoms with E-state index in [-0.39, 0.29) is 18.0 Å². The zero-order valence-electron chi connectivity index (χ0n) is 15.6. The van der Waals surface area contributed by atoms with Crippen LogP contribution in [0.5, 0.6) is 0 Å². The molecule has 0 N–H and O–H groups in total. The fourth-order valence-corrected chi connectivity index (χ4v) is 3.00. The minimum Gasteiger partial charge on any atom is -0.457 e. The van der Waals surface area contributed by atoms with E-state index in [0.717, 1.165) is 11.3 Å². The van der Waals surface area contributed by atoms with Gasteiger partial charge in [-0.3, -0.25) is 4.79 Å². The number of carbonyl (C=O) groups is 2. The van der Waals surface area contributed by atoms with E-state index in [2.05, 4.69) is 5.10 Å². The number of carbonyl (C=O) groups excluding carboxylic acids is 2. The lowest BCUT2D eigenvalue weighted by atomic mass is 9.98. The second kappa shape index (κ2) is 8.35. The number of ether oxygens (including phenoxy) is 1. The topological polar surface area (TPSA) is 61.2 Å². The average molecular weight is 382 g/mol. The summed E-state index contributed by atoms with van der Waals surface area (Å²) in [4.78, 5) is 25.4. The summed E-state index contributed by atoms with van der Waals surface area (Å²) in [7, 11) is 0. The molecule has 29 heavy (non-hydrogen) atoms. The standard InChI is InChI=1S/C24H18N2O3/c27-23(19-7-2-1-3-8-19)21-9-4-5-10-22(21)24(28)29-17-18-11-13-20(14-12-18)26-16-6-15-25-26/h1-16H,17H2. The maximum Gasteiger partial charge on any atom is 0.339 e. The van der Waals surface area contributed by atoms with E-state index in [9.17, 15) is 9.59 Å². The predicted octanol–water partition coefficient (Wildman–Crippen LogP) is 4.46. The van der Waals surface area contributed by atoms with Crippen LogP contribution in [0.3, 0.4) is 0 Å². The second-order valence-corrected chi connectivity index (χ2v) is 6.43. The Balaban J connectivity index is 1.47. The third kappa shape index (κ3) is 4.14. The number of esters is 1. The van der Waals surface area contributed by atoms with Gasteiger partial charge < -0.3 is 4.74 Å². The van der Waals surface area contributed by atoms with Crippen LogP contribution < -0.4 is 0 Å². The highest BCUT2D eigenvalue weighted by Crippen LogP contribution is 2.17. The number of aromatic nitrogens is 2. The van der Waals surface area contributed by atoms with E-state index in [0.29, 0.717) is 11.1 Å². The summed E-state index contributed by atoms with van der Waals surface area (Å²) in [6.45, 7) is 0.117. The first-order valence-corrected chi connectivity index (χ1v) is 9.17. The largest absolute Gasteiger partial charge is 0.457 e. The molecule has 4 aromatic rings. The molecule has 142 valence electrons. The van der Waals surface area contributed by atoms with Crippen molar-refractivity contribution in [2.24, 2.45) is 0 Å². The van der Waals surface area contributed by atoms with Crippen molar-refractivity contribution < 1.29 is 14.3 Å². The summed E-state index contributed by atoms with van der Waals surface area (Å²) < 4.78 is 7.21. The number of nitrogens with zero attached hydrogens (tertiary/aromatic N) is 2. The van der Waals surface area contributed by atoms with Crippen LogP contribution in [0.25, 0.3) is 5.69 Å². The molecule has 0 amide bonds. The lowest BCUT2D eigenvalue weighted by molar-refractivity contribution is 0.0470. The number of hydrogen-bond donors (Lipinski definition) is 0. The number of ketones is 1. The molecule has 0 aliphatic heterocycles. The van der Waals surface area contributed by atoms with Crippen LogP contribution >= 0.6 is 0 Å². The highest BCUT2D eigenvalue weighted by molar-refractivity contribution is 6.14. The Morgan fingerprint density at radius 1 is 0.793 bits per heavy atom. The number of benzene rings is 3. The third-order valence-corrected chi connectivity index (χ3v) is 4.50. The molecule has 5 nitrogen and oxygen atoms in total. The minimum atomic E-state index is -0.527. The molecule has 0 saturated carbocycles. The molecule has 0 bridgehead atoms. The second-order valence-electron chi connectivity index (χ2n) is 6.43. The molecule has 0 atom stereocenters. The van der Waals surface area contributed by atoms with E-state index in [4.69, 9.17) is 4.74 Å². The molecule has 0 radical (unpaired) electrons. The van der Waals surface area contributed by atoms with Crippen LogP contribution in [0.15, 0.2) is 97.3 Å². The van der Waals surface area contributed by atoms with Crippen molar-refractivity contribution in [2.45, 2.75) is 6.61 Å². The Labute approximate surface area is 168 Å². The van der Waals surface area contributed by atoms with Gasteiger partial charge in [0.2, 0.25) is 0 Å². The molecule has 0 fully saturated rings. The molecule has 4 rings (SSSR count). The molecule has 3 aromatic carbocycles. The van der Waals surface area contributed by atoms with Crippen molar-refractivity contribution in [3.05, 3.63) is 120 Å². The summed E-state index contributed by atoms with van der Waals surface area (Å²) in [6, 6.07) is 25.0. The van der Waals surface area contributed by atoms with Crippen LogP contribution in [-0.2, 0) is 11.3 Å². The van der Waals surface area contributed by atoms with Crippen molar-refractivity contribution in [1.82, 2.24) is 9.78 Å².